The van der Waals surface area contributed by atoms with Crippen LogP contribution in [0.5, 0.6) is 0 Å². The van der Waals surface area contributed by atoms with Crippen molar-refractivity contribution in [2.24, 2.45) is 5.73 Å². The first-order chi connectivity index (χ1) is 10.2. The molecule has 8 nitrogen and oxygen atoms in total. The minimum Gasteiger partial charge on any atom is -0.366 e. The Bertz CT molecular complexity index is 595. The molecule has 2 aromatic rings. The van der Waals surface area contributed by atoms with Gasteiger partial charge in [0.15, 0.2) is 11.5 Å². The number of carbonyl (C=O) groups excluding carboxylic acids is 1. The number of unbranched alkanes of at least 4 members (excludes halogenated alkanes) is 1. The molecule has 2 aromatic heterocycles. The monoisotopic (exact) mass is 291 g/mol. The van der Waals surface area contributed by atoms with Crippen LogP contribution in [0.4, 0.5) is 5.82 Å². The molecule has 0 aliphatic heterocycles. The molecular weight excluding hydrogens is 270 g/mol. The molecule has 0 aliphatic carbocycles. The number of nitrogens with two attached hydrogens (primary N) is 1. The molecule has 21 heavy (non-hydrogen) atoms. The van der Waals surface area contributed by atoms with Gasteiger partial charge in [-0.1, -0.05) is 0 Å². The highest BCUT2D eigenvalue weighted by atomic mass is 16.1. The Labute approximate surface area is 123 Å². The molecule has 4 N–H and O–H groups in total. The maximum absolute atomic E-state index is 10.8. The fourth-order valence-electron chi connectivity index (χ4n) is 2.02. The van der Waals surface area contributed by atoms with Crippen molar-refractivity contribution < 1.29 is 4.79 Å². The predicted molar refractivity (Wildman–Crippen MR) is 80.8 cm³/mol. The van der Waals surface area contributed by atoms with Gasteiger partial charge in [0.1, 0.15) is 11.8 Å². The molecule has 1 amide bonds. The van der Waals surface area contributed by atoms with Crippen molar-refractivity contribution in [3.05, 3.63) is 12.7 Å². The Balaban J connectivity index is 2.02. The van der Waals surface area contributed by atoms with Gasteiger partial charge in [0.2, 0.25) is 5.91 Å². The Morgan fingerprint density at radius 2 is 2.14 bits per heavy atom. The van der Waals surface area contributed by atoms with Crippen molar-refractivity contribution in [2.45, 2.75) is 26.3 Å². The lowest BCUT2D eigenvalue weighted by Gasteiger charge is -2.07. The normalized spacial score (nSPS) is 10.8. The van der Waals surface area contributed by atoms with Gasteiger partial charge in [0.05, 0.1) is 6.33 Å². The molecule has 0 fully saturated rings. The highest BCUT2D eigenvalue weighted by Crippen LogP contribution is 2.17. The van der Waals surface area contributed by atoms with E-state index in [2.05, 4.69) is 25.6 Å². The molecule has 0 spiro atoms. The van der Waals surface area contributed by atoms with Crippen molar-refractivity contribution in [3.8, 4) is 0 Å². The second-order valence-electron chi connectivity index (χ2n) is 4.74. The summed E-state index contributed by atoms with van der Waals surface area (Å²) >= 11 is 0. The number of nitrogens with zero attached hydrogens (tertiary/aromatic N) is 4. The van der Waals surface area contributed by atoms with Crippen molar-refractivity contribution in [1.29, 1.82) is 0 Å². The number of carbonyl (C=O) groups is 1. The fraction of sp³-hybridized carbons (Fsp3) is 0.538. The van der Waals surface area contributed by atoms with E-state index in [0.29, 0.717) is 25.5 Å². The molecule has 2 rings (SSSR count). The summed E-state index contributed by atoms with van der Waals surface area (Å²) in [4.78, 5) is 23.7. The van der Waals surface area contributed by atoms with E-state index in [1.165, 1.54) is 13.3 Å². The number of hydrogen-bond acceptors (Lipinski definition) is 6. The molecule has 114 valence electrons. The molecule has 0 bridgehead atoms. The summed E-state index contributed by atoms with van der Waals surface area (Å²) in [7, 11) is 0. The van der Waals surface area contributed by atoms with E-state index in [4.69, 9.17) is 5.73 Å². The Kier molecular flexibility index (Phi) is 5.44. The van der Waals surface area contributed by atoms with Crippen LogP contribution in [-0.4, -0.2) is 45.1 Å². The van der Waals surface area contributed by atoms with E-state index in [1.54, 1.807) is 6.33 Å². The predicted octanol–water partition coefficient (Wildman–Crippen LogP) is 0.113. The van der Waals surface area contributed by atoms with Crippen LogP contribution in [0.1, 0.15) is 19.8 Å². The van der Waals surface area contributed by atoms with E-state index < -0.39 is 0 Å². The average molecular weight is 291 g/mol. The molecule has 0 saturated carbocycles. The van der Waals surface area contributed by atoms with Gasteiger partial charge in [-0.2, -0.15) is 0 Å². The van der Waals surface area contributed by atoms with Crippen molar-refractivity contribution >= 4 is 22.9 Å². The third-order valence-electron chi connectivity index (χ3n) is 3.05. The van der Waals surface area contributed by atoms with Crippen molar-refractivity contribution in [2.75, 3.05) is 25.0 Å². The topological polar surface area (TPSA) is 111 Å². The van der Waals surface area contributed by atoms with Gasteiger partial charge >= 0.3 is 0 Å². The SMILES string of the molecule is CC(=O)NCCNc1ncnc2c1ncn2CCCCN. The number of fused-ring (bicyclic) bond motifs is 1. The van der Waals surface area contributed by atoms with E-state index in [0.717, 1.165) is 30.6 Å². The van der Waals surface area contributed by atoms with Gasteiger partial charge in [-0.05, 0) is 19.4 Å². The molecule has 0 atom stereocenters. The lowest BCUT2D eigenvalue weighted by molar-refractivity contribution is -0.118. The van der Waals surface area contributed by atoms with E-state index in [1.807, 2.05) is 4.57 Å². The standard InChI is InChI=1S/C13H21N7O/c1-10(21)15-5-6-16-12-11-13(18-8-17-12)20(9-19-11)7-3-2-4-14/h8-9H,2-7,14H2,1H3,(H,15,21)(H,16,17,18). The zero-order valence-corrected chi connectivity index (χ0v) is 12.2. The van der Waals surface area contributed by atoms with Gasteiger partial charge in [-0.25, -0.2) is 15.0 Å². The van der Waals surface area contributed by atoms with Crippen LogP contribution in [0.3, 0.4) is 0 Å². The summed E-state index contributed by atoms with van der Waals surface area (Å²) in [6, 6.07) is 0. The van der Waals surface area contributed by atoms with E-state index in [9.17, 15) is 4.79 Å². The Morgan fingerprint density at radius 1 is 1.29 bits per heavy atom. The van der Waals surface area contributed by atoms with Gasteiger partial charge in [-0.15, -0.1) is 0 Å². The van der Waals surface area contributed by atoms with Crippen LogP contribution in [0.15, 0.2) is 12.7 Å². The summed E-state index contributed by atoms with van der Waals surface area (Å²) in [5, 5.41) is 5.88. The van der Waals surface area contributed by atoms with Crippen LogP contribution in [0, 0.1) is 0 Å². The number of aromatic nitrogens is 4. The van der Waals surface area contributed by atoms with Gasteiger partial charge in [-0.3, -0.25) is 4.79 Å². The number of rotatable bonds is 8. The first kappa shape index (κ1) is 15.2. The number of aryl methyl sites for hydroxylation is 1. The first-order valence-corrected chi connectivity index (χ1v) is 7.06. The number of amides is 1. The van der Waals surface area contributed by atoms with Gasteiger partial charge < -0.3 is 20.9 Å². The lowest BCUT2D eigenvalue weighted by atomic mass is 10.3. The molecular formula is C13H21N7O. The number of hydrogen-bond donors (Lipinski definition) is 3. The third-order valence-corrected chi connectivity index (χ3v) is 3.05. The van der Waals surface area contributed by atoms with E-state index >= 15 is 0 Å². The highest BCUT2D eigenvalue weighted by molar-refractivity contribution is 5.82. The zero-order valence-electron chi connectivity index (χ0n) is 12.2. The smallest absolute Gasteiger partial charge is 0.216 e. The van der Waals surface area contributed by atoms with Gasteiger partial charge in [0, 0.05) is 26.6 Å². The fourth-order valence-corrected chi connectivity index (χ4v) is 2.02. The molecule has 2 heterocycles. The van der Waals surface area contributed by atoms with Crippen LogP contribution in [-0.2, 0) is 11.3 Å². The lowest BCUT2D eigenvalue weighted by Crippen LogP contribution is -2.26. The minimum absolute atomic E-state index is 0.0474. The summed E-state index contributed by atoms with van der Waals surface area (Å²) in [5.74, 6) is 0.636. The maximum atomic E-state index is 10.8. The van der Waals surface area contributed by atoms with Crippen molar-refractivity contribution in [1.82, 2.24) is 24.8 Å². The van der Waals surface area contributed by atoms with Crippen LogP contribution >= 0.6 is 0 Å². The molecule has 0 saturated heterocycles. The summed E-state index contributed by atoms with van der Waals surface area (Å²) in [6.45, 7) is 4.16. The molecule has 8 heteroatoms. The number of nitrogens with one attached hydrogen (secondary N) is 2. The third kappa shape index (κ3) is 4.12. The Hall–Kier alpha value is -2.22. The Morgan fingerprint density at radius 3 is 2.90 bits per heavy atom. The van der Waals surface area contributed by atoms with Crippen LogP contribution in [0.25, 0.3) is 11.2 Å². The summed E-state index contributed by atoms with van der Waals surface area (Å²) in [5.41, 5.74) is 7.06. The highest BCUT2D eigenvalue weighted by Gasteiger charge is 2.09. The number of anilines is 1. The summed E-state index contributed by atoms with van der Waals surface area (Å²) in [6.07, 6.45) is 5.27. The maximum Gasteiger partial charge on any atom is 0.216 e. The van der Waals surface area contributed by atoms with Gasteiger partial charge in [0.25, 0.3) is 0 Å². The second-order valence-corrected chi connectivity index (χ2v) is 4.74. The van der Waals surface area contributed by atoms with E-state index in [-0.39, 0.29) is 5.91 Å². The first-order valence-electron chi connectivity index (χ1n) is 7.06. The minimum atomic E-state index is -0.0474. The van der Waals surface area contributed by atoms with Crippen LogP contribution < -0.4 is 16.4 Å². The molecule has 0 aromatic carbocycles. The molecule has 0 unspecified atom stereocenters. The van der Waals surface area contributed by atoms with Crippen LogP contribution in [0.2, 0.25) is 0 Å². The molecule has 0 radical (unpaired) electrons. The average Bonchev–Trinajstić information content (AvgIpc) is 2.88. The summed E-state index contributed by atoms with van der Waals surface area (Å²) < 4.78 is 2.01. The second kappa shape index (κ2) is 7.53. The quantitative estimate of drug-likeness (QED) is 0.595. The van der Waals surface area contributed by atoms with Crippen molar-refractivity contribution in [3.63, 3.8) is 0 Å². The number of imidazole rings is 1. The zero-order chi connectivity index (χ0) is 15.1. The largest absolute Gasteiger partial charge is 0.366 e. The molecule has 0 aliphatic rings.